The molecule has 5 atom stereocenters. The van der Waals surface area contributed by atoms with Crippen LogP contribution in [0.3, 0.4) is 0 Å². The molecule has 136 valence electrons. The van der Waals surface area contributed by atoms with E-state index in [4.69, 9.17) is 33.6 Å². The Kier molecular flexibility index (Phi) is 10.2. The minimum Gasteiger partial charge on any atom is -0.387 e. The Morgan fingerprint density at radius 2 is 1.54 bits per heavy atom. The number of aliphatic hydroxyl groups is 3. The Hall–Kier alpha value is -0.910. The van der Waals surface area contributed by atoms with Gasteiger partial charge in [0.25, 0.3) is 0 Å². The van der Waals surface area contributed by atoms with E-state index in [1.165, 1.54) is 7.11 Å². The number of aliphatic hydroxyl groups excluding tert-OH is 3. The molecular weight excluding hydrogens is 343 g/mol. The van der Waals surface area contributed by atoms with Crippen molar-refractivity contribution in [3.63, 3.8) is 0 Å². The van der Waals surface area contributed by atoms with Gasteiger partial charge in [-0.15, -0.1) is 0 Å². The molecule has 11 heteroatoms. The number of hydrogen-bond donors (Lipinski definition) is 3. The maximum Gasteiger partial charge on any atom is 0.332 e. The summed E-state index contributed by atoms with van der Waals surface area (Å²) >= 11 is 0. The van der Waals surface area contributed by atoms with E-state index in [1.54, 1.807) is 0 Å². The van der Waals surface area contributed by atoms with E-state index in [2.05, 4.69) is 0 Å². The molecular formula is C13H21N2O8P. The van der Waals surface area contributed by atoms with Gasteiger partial charge in [0.1, 0.15) is 24.4 Å². The van der Waals surface area contributed by atoms with Crippen molar-refractivity contribution in [1.82, 2.24) is 0 Å². The summed E-state index contributed by atoms with van der Waals surface area (Å²) in [5, 5.41) is 46.4. The Morgan fingerprint density at radius 1 is 0.958 bits per heavy atom. The Bertz CT molecular complexity index is 421. The van der Waals surface area contributed by atoms with Crippen molar-refractivity contribution in [3.8, 4) is 12.1 Å². The first-order valence-electron chi connectivity index (χ1n) is 7.20. The molecule has 0 aromatic carbocycles. The Morgan fingerprint density at radius 3 is 2.04 bits per heavy atom. The third-order valence-corrected chi connectivity index (χ3v) is 4.21. The van der Waals surface area contributed by atoms with Crippen LogP contribution in [0.2, 0.25) is 0 Å². The van der Waals surface area contributed by atoms with Crippen LogP contribution < -0.4 is 0 Å². The van der Waals surface area contributed by atoms with E-state index >= 15 is 0 Å². The molecule has 1 rings (SSSR count). The van der Waals surface area contributed by atoms with Gasteiger partial charge < -0.3 is 38.4 Å². The number of hydrogen-bond acceptors (Lipinski definition) is 10. The fourth-order valence-corrected chi connectivity index (χ4v) is 2.80. The molecule has 0 unspecified atom stereocenters. The van der Waals surface area contributed by atoms with Gasteiger partial charge in [0.05, 0.1) is 44.8 Å². The molecule has 1 aliphatic heterocycles. The standard InChI is InChI=1S/C13H21N2O8P/c1-19-13-12(18)11(17)10(16)9(23-13)8-22-24(20-6-2-4-14)21-7-3-5-15/h9-13,16-18H,2-3,6-8H2,1H3/t9-,10-,11+,12+,13+/m1/s1. The lowest BCUT2D eigenvalue weighted by molar-refractivity contribution is -0.293. The van der Waals surface area contributed by atoms with Gasteiger partial charge in [-0.1, -0.05) is 0 Å². The van der Waals surface area contributed by atoms with Crippen LogP contribution >= 0.6 is 8.60 Å². The fraction of sp³-hybridized carbons (Fsp3) is 0.846. The van der Waals surface area contributed by atoms with E-state index in [9.17, 15) is 15.3 Å². The molecule has 3 N–H and O–H groups in total. The van der Waals surface area contributed by atoms with Crippen molar-refractivity contribution >= 4 is 8.60 Å². The lowest BCUT2D eigenvalue weighted by Gasteiger charge is -2.39. The van der Waals surface area contributed by atoms with Crippen LogP contribution in [0.5, 0.6) is 0 Å². The number of nitrogens with zero attached hydrogens (tertiary/aromatic N) is 2. The lowest BCUT2D eigenvalue weighted by atomic mass is 9.99. The van der Waals surface area contributed by atoms with Crippen LogP contribution in [0, 0.1) is 22.7 Å². The van der Waals surface area contributed by atoms with Crippen molar-refractivity contribution in [2.24, 2.45) is 0 Å². The maximum absolute atomic E-state index is 9.93. The van der Waals surface area contributed by atoms with Gasteiger partial charge in [0, 0.05) is 7.11 Å². The highest BCUT2D eigenvalue weighted by molar-refractivity contribution is 7.41. The highest BCUT2D eigenvalue weighted by Crippen LogP contribution is 2.40. The molecule has 0 aromatic rings. The summed E-state index contributed by atoms with van der Waals surface area (Å²) in [5.41, 5.74) is 0. The molecule has 0 aromatic heterocycles. The van der Waals surface area contributed by atoms with E-state index in [1.807, 2.05) is 12.1 Å². The smallest absolute Gasteiger partial charge is 0.332 e. The molecule has 0 saturated carbocycles. The van der Waals surface area contributed by atoms with Crippen molar-refractivity contribution in [1.29, 1.82) is 10.5 Å². The molecule has 1 heterocycles. The number of rotatable bonds is 10. The van der Waals surface area contributed by atoms with Gasteiger partial charge in [-0.2, -0.15) is 10.5 Å². The summed E-state index contributed by atoms with van der Waals surface area (Å²) in [6, 6.07) is 3.81. The van der Waals surface area contributed by atoms with Crippen LogP contribution in [0.4, 0.5) is 0 Å². The highest BCUT2D eigenvalue weighted by Gasteiger charge is 2.44. The predicted octanol–water partition coefficient (Wildman–Crippen LogP) is -0.456. The van der Waals surface area contributed by atoms with Crippen LogP contribution in [-0.2, 0) is 23.0 Å². The van der Waals surface area contributed by atoms with E-state index in [0.717, 1.165) is 0 Å². The average molecular weight is 364 g/mol. The molecule has 1 aliphatic rings. The second-order valence-corrected chi connectivity index (χ2v) is 5.97. The summed E-state index contributed by atoms with van der Waals surface area (Å²) in [6.07, 6.45) is -6.03. The predicted molar refractivity (Wildman–Crippen MR) is 78.9 cm³/mol. The minimum absolute atomic E-state index is 0.0882. The second-order valence-electron chi connectivity index (χ2n) is 4.75. The van der Waals surface area contributed by atoms with Gasteiger partial charge >= 0.3 is 8.60 Å². The van der Waals surface area contributed by atoms with Crippen LogP contribution in [0.1, 0.15) is 12.8 Å². The number of methoxy groups -OCH3 is 1. The first-order chi connectivity index (χ1) is 11.5. The SMILES string of the molecule is CO[C@H]1O[C@H](COP(OCCC#N)OCCC#N)[C@@H](O)[C@H](O)[C@@H]1O. The first-order valence-corrected chi connectivity index (χ1v) is 8.30. The van der Waals surface area contributed by atoms with E-state index < -0.39 is 39.3 Å². The summed E-state index contributed by atoms with van der Waals surface area (Å²) in [7, 11) is -0.559. The maximum atomic E-state index is 9.93. The first kappa shape index (κ1) is 21.1. The zero-order valence-corrected chi connectivity index (χ0v) is 14.0. The normalized spacial score (nSPS) is 30.0. The molecule has 24 heavy (non-hydrogen) atoms. The summed E-state index contributed by atoms with van der Waals surface area (Å²) < 4.78 is 26.1. The largest absolute Gasteiger partial charge is 0.387 e. The molecule has 10 nitrogen and oxygen atoms in total. The number of ether oxygens (including phenoxy) is 2. The number of nitriles is 2. The van der Waals surface area contributed by atoms with Gasteiger partial charge in [0.2, 0.25) is 0 Å². The summed E-state index contributed by atoms with van der Waals surface area (Å²) in [6.45, 7) is -0.0225. The zero-order valence-electron chi connectivity index (χ0n) is 13.1. The summed E-state index contributed by atoms with van der Waals surface area (Å²) in [5.74, 6) is 0. The van der Waals surface area contributed by atoms with Crippen LogP contribution in [0.25, 0.3) is 0 Å². The fourth-order valence-electron chi connectivity index (χ4n) is 1.83. The van der Waals surface area contributed by atoms with Crippen LogP contribution in [0.15, 0.2) is 0 Å². The van der Waals surface area contributed by atoms with Gasteiger partial charge in [-0.25, -0.2) is 0 Å². The third-order valence-electron chi connectivity index (χ3n) is 3.07. The average Bonchev–Trinajstić information content (AvgIpc) is 2.59. The van der Waals surface area contributed by atoms with Gasteiger partial charge in [0.15, 0.2) is 6.29 Å². The summed E-state index contributed by atoms with van der Waals surface area (Å²) in [4.78, 5) is 0. The third kappa shape index (κ3) is 6.54. The molecule has 0 spiro atoms. The van der Waals surface area contributed by atoms with Crippen LogP contribution in [-0.4, -0.2) is 73.0 Å². The van der Waals surface area contributed by atoms with Gasteiger partial charge in [-0.3, -0.25) is 0 Å². The second kappa shape index (κ2) is 11.6. The minimum atomic E-state index is -1.85. The zero-order chi connectivity index (χ0) is 17.9. The molecule has 0 amide bonds. The molecule has 1 saturated heterocycles. The molecule has 1 fully saturated rings. The van der Waals surface area contributed by atoms with Crippen molar-refractivity contribution < 1.29 is 38.4 Å². The lowest BCUT2D eigenvalue weighted by Crippen LogP contribution is -2.59. The highest BCUT2D eigenvalue weighted by atomic mass is 31.2. The van der Waals surface area contributed by atoms with E-state index in [-0.39, 0.29) is 32.7 Å². The van der Waals surface area contributed by atoms with Crippen molar-refractivity contribution in [2.75, 3.05) is 26.9 Å². The van der Waals surface area contributed by atoms with Crippen molar-refractivity contribution in [2.45, 2.75) is 43.5 Å². The molecule has 0 aliphatic carbocycles. The topological polar surface area (TPSA) is 154 Å². The molecule has 0 bridgehead atoms. The van der Waals surface area contributed by atoms with Crippen molar-refractivity contribution in [3.05, 3.63) is 0 Å². The van der Waals surface area contributed by atoms with Gasteiger partial charge in [-0.05, 0) is 0 Å². The molecule has 0 radical (unpaired) electrons. The quantitative estimate of drug-likeness (QED) is 0.343. The van der Waals surface area contributed by atoms with E-state index in [0.29, 0.717) is 0 Å². The Labute approximate surface area is 141 Å². The Balaban J connectivity index is 2.53. The monoisotopic (exact) mass is 364 g/mol.